The summed E-state index contributed by atoms with van der Waals surface area (Å²) in [5.74, 6) is -0.899. The first-order valence-electron chi connectivity index (χ1n) is 7.92. The molecule has 25 heavy (non-hydrogen) atoms. The van der Waals surface area contributed by atoms with Crippen LogP contribution in [0.3, 0.4) is 0 Å². The standard InChI is InChI=1S/C18H15F2N5/c19-15-6-5-14(9-16(15)20)22-18-23-17(10-21-24-18)25-8-7-12-3-1-2-4-13(12)11-25/h1-6,9-10H,7-8,11H2,(H,22,23,24). The summed E-state index contributed by atoms with van der Waals surface area (Å²) in [7, 11) is 0. The first-order valence-corrected chi connectivity index (χ1v) is 7.92. The van der Waals surface area contributed by atoms with Gasteiger partial charge in [0, 0.05) is 24.8 Å². The summed E-state index contributed by atoms with van der Waals surface area (Å²) in [6.07, 6.45) is 2.54. The van der Waals surface area contributed by atoms with E-state index in [2.05, 4.69) is 37.5 Å². The Labute approximate surface area is 143 Å². The van der Waals surface area contributed by atoms with Crippen LogP contribution in [0, 0.1) is 11.6 Å². The molecule has 2 aromatic carbocycles. The van der Waals surface area contributed by atoms with Crippen molar-refractivity contribution in [3.8, 4) is 0 Å². The number of anilines is 3. The van der Waals surface area contributed by atoms with Crippen LogP contribution >= 0.6 is 0 Å². The molecule has 0 unspecified atom stereocenters. The second kappa shape index (κ2) is 6.43. The molecule has 0 saturated heterocycles. The van der Waals surface area contributed by atoms with Crippen LogP contribution in [0.15, 0.2) is 48.7 Å². The highest BCUT2D eigenvalue weighted by Gasteiger charge is 2.18. The summed E-state index contributed by atoms with van der Waals surface area (Å²) in [6.45, 7) is 1.58. The minimum atomic E-state index is -0.929. The smallest absolute Gasteiger partial charge is 0.249 e. The van der Waals surface area contributed by atoms with Crippen molar-refractivity contribution in [2.45, 2.75) is 13.0 Å². The molecule has 0 radical (unpaired) electrons. The first kappa shape index (κ1) is 15.4. The van der Waals surface area contributed by atoms with Gasteiger partial charge in [0.05, 0.1) is 6.20 Å². The van der Waals surface area contributed by atoms with E-state index in [1.165, 1.54) is 17.2 Å². The molecular formula is C18H15F2N5. The van der Waals surface area contributed by atoms with E-state index in [4.69, 9.17) is 0 Å². The molecule has 1 aliphatic rings. The minimum Gasteiger partial charge on any atom is -0.350 e. The second-order valence-electron chi connectivity index (χ2n) is 5.83. The maximum atomic E-state index is 13.3. The predicted molar refractivity (Wildman–Crippen MR) is 90.7 cm³/mol. The highest BCUT2D eigenvalue weighted by atomic mass is 19.2. The van der Waals surface area contributed by atoms with E-state index < -0.39 is 11.6 Å². The normalized spacial score (nSPS) is 13.4. The molecule has 2 heterocycles. The average molecular weight is 339 g/mol. The van der Waals surface area contributed by atoms with Gasteiger partial charge >= 0.3 is 0 Å². The predicted octanol–water partition coefficient (Wildman–Crippen LogP) is 3.46. The number of aromatic nitrogens is 3. The van der Waals surface area contributed by atoms with Gasteiger partial charge in [0.1, 0.15) is 0 Å². The van der Waals surface area contributed by atoms with Crippen molar-refractivity contribution in [3.05, 3.63) is 71.4 Å². The molecule has 0 amide bonds. The quantitative estimate of drug-likeness (QED) is 0.792. The van der Waals surface area contributed by atoms with Gasteiger partial charge in [-0.25, -0.2) is 8.78 Å². The summed E-state index contributed by atoms with van der Waals surface area (Å²) in [6, 6.07) is 11.9. The monoisotopic (exact) mass is 339 g/mol. The highest BCUT2D eigenvalue weighted by molar-refractivity contribution is 5.54. The Balaban J connectivity index is 1.55. The molecule has 1 aliphatic heterocycles. The third-order valence-corrected chi connectivity index (χ3v) is 4.18. The topological polar surface area (TPSA) is 53.9 Å². The fourth-order valence-corrected chi connectivity index (χ4v) is 2.89. The largest absolute Gasteiger partial charge is 0.350 e. The molecule has 1 aromatic heterocycles. The average Bonchev–Trinajstić information content (AvgIpc) is 2.65. The van der Waals surface area contributed by atoms with Crippen LogP contribution in [0.1, 0.15) is 11.1 Å². The number of rotatable bonds is 3. The van der Waals surface area contributed by atoms with Gasteiger partial charge in [-0.2, -0.15) is 10.1 Å². The Morgan fingerprint density at radius 2 is 1.84 bits per heavy atom. The van der Waals surface area contributed by atoms with Gasteiger partial charge in [0.2, 0.25) is 5.95 Å². The van der Waals surface area contributed by atoms with Crippen molar-refractivity contribution in [1.29, 1.82) is 0 Å². The minimum absolute atomic E-state index is 0.238. The van der Waals surface area contributed by atoms with E-state index in [-0.39, 0.29) is 5.95 Å². The van der Waals surface area contributed by atoms with Crippen LogP contribution in [0.25, 0.3) is 0 Å². The molecule has 3 aromatic rings. The lowest BCUT2D eigenvalue weighted by atomic mass is 10.0. The summed E-state index contributed by atoms with van der Waals surface area (Å²) < 4.78 is 26.3. The summed E-state index contributed by atoms with van der Waals surface area (Å²) in [4.78, 5) is 6.56. The molecule has 4 rings (SSSR count). The lowest BCUT2D eigenvalue weighted by Crippen LogP contribution is -2.31. The van der Waals surface area contributed by atoms with Gasteiger partial charge in [0.15, 0.2) is 17.5 Å². The van der Waals surface area contributed by atoms with Crippen LogP contribution in [0.5, 0.6) is 0 Å². The summed E-state index contributed by atoms with van der Waals surface area (Å²) >= 11 is 0. The van der Waals surface area contributed by atoms with Crippen LogP contribution in [-0.4, -0.2) is 21.7 Å². The van der Waals surface area contributed by atoms with Crippen molar-refractivity contribution in [2.75, 3.05) is 16.8 Å². The molecule has 0 saturated carbocycles. The molecule has 0 fully saturated rings. The maximum absolute atomic E-state index is 13.3. The van der Waals surface area contributed by atoms with Crippen molar-refractivity contribution in [3.63, 3.8) is 0 Å². The number of nitrogens with zero attached hydrogens (tertiary/aromatic N) is 4. The Morgan fingerprint density at radius 1 is 1.00 bits per heavy atom. The molecule has 0 bridgehead atoms. The zero-order chi connectivity index (χ0) is 17.2. The third kappa shape index (κ3) is 3.26. The number of halogens is 2. The Bertz CT molecular complexity index is 915. The first-order chi connectivity index (χ1) is 12.2. The van der Waals surface area contributed by atoms with Crippen LogP contribution in [0.2, 0.25) is 0 Å². The van der Waals surface area contributed by atoms with Crippen molar-refractivity contribution >= 4 is 17.5 Å². The fraction of sp³-hybridized carbons (Fsp3) is 0.167. The highest BCUT2D eigenvalue weighted by Crippen LogP contribution is 2.23. The molecule has 126 valence electrons. The number of hydrogen-bond acceptors (Lipinski definition) is 5. The number of nitrogens with one attached hydrogen (secondary N) is 1. The van der Waals surface area contributed by atoms with Gasteiger partial charge in [-0.3, -0.25) is 0 Å². The molecule has 0 spiro atoms. The Kier molecular flexibility index (Phi) is 3.97. The van der Waals surface area contributed by atoms with Gasteiger partial charge in [0.25, 0.3) is 0 Å². The number of hydrogen-bond donors (Lipinski definition) is 1. The van der Waals surface area contributed by atoms with E-state index in [0.717, 1.165) is 31.6 Å². The van der Waals surface area contributed by atoms with Crippen LogP contribution in [0.4, 0.5) is 26.2 Å². The fourth-order valence-electron chi connectivity index (χ4n) is 2.89. The van der Waals surface area contributed by atoms with Crippen molar-refractivity contribution < 1.29 is 8.78 Å². The van der Waals surface area contributed by atoms with E-state index in [1.54, 1.807) is 6.20 Å². The molecule has 5 nitrogen and oxygen atoms in total. The van der Waals surface area contributed by atoms with E-state index in [9.17, 15) is 8.78 Å². The zero-order valence-electron chi connectivity index (χ0n) is 13.3. The zero-order valence-corrected chi connectivity index (χ0v) is 13.3. The van der Waals surface area contributed by atoms with Gasteiger partial charge in [-0.05, 0) is 29.7 Å². The summed E-state index contributed by atoms with van der Waals surface area (Å²) in [5, 5.41) is 10.7. The lowest BCUT2D eigenvalue weighted by Gasteiger charge is -2.29. The molecule has 0 atom stereocenters. The van der Waals surface area contributed by atoms with E-state index in [0.29, 0.717) is 11.5 Å². The van der Waals surface area contributed by atoms with Crippen molar-refractivity contribution in [1.82, 2.24) is 15.2 Å². The van der Waals surface area contributed by atoms with Crippen LogP contribution in [-0.2, 0) is 13.0 Å². The Morgan fingerprint density at radius 3 is 2.68 bits per heavy atom. The molecular weight excluding hydrogens is 324 g/mol. The van der Waals surface area contributed by atoms with E-state index in [1.807, 2.05) is 12.1 Å². The Hall–Kier alpha value is -3.09. The SMILES string of the molecule is Fc1ccc(Nc2nncc(N3CCc4ccccc4C3)n2)cc1F. The van der Waals surface area contributed by atoms with Gasteiger partial charge < -0.3 is 10.2 Å². The van der Waals surface area contributed by atoms with Crippen molar-refractivity contribution in [2.24, 2.45) is 0 Å². The van der Waals surface area contributed by atoms with Gasteiger partial charge in [-0.1, -0.05) is 24.3 Å². The lowest BCUT2D eigenvalue weighted by molar-refractivity contribution is 0.509. The van der Waals surface area contributed by atoms with Gasteiger partial charge in [-0.15, -0.1) is 5.10 Å². The second-order valence-corrected chi connectivity index (χ2v) is 5.83. The molecule has 1 N–H and O–H groups in total. The summed E-state index contributed by atoms with van der Waals surface area (Å²) in [5.41, 5.74) is 2.98. The number of fused-ring (bicyclic) bond motifs is 1. The molecule has 7 heteroatoms. The number of benzene rings is 2. The van der Waals surface area contributed by atoms with E-state index >= 15 is 0 Å². The van der Waals surface area contributed by atoms with Crippen LogP contribution < -0.4 is 10.2 Å². The third-order valence-electron chi connectivity index (χ3n) is 4.18. The maximum Gasteiger partial charge on any atom is 0.249 e. The molecule has 0 aliphatic carbocycles.